The highest BCUT2D eigenvalue weighted by Gasteiger charge is 2.22. The van der Waals surface area contributed by atoms with Gasteiger partial charge in [-0.25, -0.2) is 4.98 Å². The summed E-state index contributed by atoms with van der Waals surface area (Å²) in [6.45, 7) is 1.58. The van der Waals surface area contributed by atoms with Crippen LogP contribution in [0.1, 0.15) is 18.4 Å². The van der Waals surface area contributed by atoms with E-state index < -0.39 is 0 Å². The van der Waals surface area contributed by atoms with Crippen LogP contribution >= 0.6 is 22.6 Å². The molecule has 2 rings (SSSR count). The van der Waals surface area contributed by atoms with E-state index in [2.05, 4.69) is 15.3 Å². The van der Waals surface area contributed by atoms with Crippen LogP contribution in [-0.4, -0.2) is 32.9 Å². The van der Waals surface area contributed by atoms with Crippen molar-refractivity contribution in [3.63, 3.8) is 0 Å². The van der Waals surface area contributed by atoms with Crippen molar-refractivity contribution in [3.8, 4) is 0 Å². The van der Waals surface area contributed by atoms with Crippen molar-refractivity contribution in [3.05, 3.63) is 11.9 Å². The highest BCUT2D eigenvalue weighted by atomic mass is 127. The predicted octanol–water partition coefficient (Wildman–Crippen LogP) is 0.193. The van der Waals surface area contributed by atoms with Gasteiger partial charge in [0.15, 0.2) is 0 Å². The third-order valence-electron chi connectivity index (χ3n) is 2.78. The topological polar surface area (TPSA) is 101 Å². The summed E-state index contributed by atoms with van der Waals surface area (Å²) in [5, 5.41) is 9.80. The van der Waals surface area contributed by atoms with Crippen molar-refractivity contribution in [1.82, 2.24) is 9.97 Å². The van der Waals surface area contributed by atoms with Crippen molar-refractivity contribution >= 4 is 37.9 Å². The van der Waals surface area contributed by atoms with E-state index in [1.54, 1.807) is 0 Å². The lowest BCUT2D eigenvalue weighted by atomic mass is 10.1. The van der Waals surface area contributed by atoms with Crippen molar-refractivity contribution in [1.29, 1.82) is 5.41 Å². The molecule has 0 aliphatic carbocycles. The minimum atomic E-state index is 0.373. The van der Waals surface area contributed by atoms with Crippen molar-refractivity contribution < 1.29 is 10.1 Å². The van der Waals surface area contributed by atoms with Crippen LogP contribution in [0.5, 0.6) is 0 Å². The fraction of sp³-hybridized carbons (Fsp3) is 0.500. The average Bonchev–Trinajstić information content (AvgIpc) is 2.30. The number of halogens is 1. The van der Waals surface area contributed by atoms with Crippen LogP contribution in [0.15, 0.2) is 6.33 Å². The molecule has 0 aromatic carbocycles. The lowest BCUT2D eigenvalue weighted by molar-refractivity contribution is -0.619. The maximum Gasteiger partial charge on any atom is 0.239 e. The highest BCUT2D eigenvalue weighted by molar-refractivity contribution is 14.1. The molecule has 0 bridgehead atoms. The monoisotopic (exact) mass is 348 g/mol. The van der Waals surface area contributed by atoms with Crippen LogP contribution in [-0.2, 0) is 4.74 Å². The molecule has 1 aromatic rings. The molecule has 1 fully saturated rings. The molecule has 0 unspecified atom stereocenters. The van der Waals surface area contributed by atoms with Crippen LogP contribution < -0.4 is 11.1 Å². The number of nitrogens with zero attached hydrogens (tertiary/aromatic N) is 2. The summed E-state index contributed by atoms with van der Waals surface area (Å²) >= 11 is 1.93. The first-order chi connectivity index (χ1) is 8.18. The summed E-state index contributed by atoms with van der Waals surface area (Å²) in [4.78, 5) is 8.15. The van der Waals surface area contributed by atoms with Gasteiger partial charge in [-0.05, 0) is 22.6 Å². The molecule has 0 radical (unpaired) electrons. The molecule has 0 atom stereocenters. The number of quaternary nitrogens is 1. The van der Waals surface area contributed by atoms with Gasteiger partial charge in [0, 0.05) is 12.8 Å². The van der Waals surface area contributed by atoms with E-state index in [1.807, 2.05) is 22.6 Å². The molecule has 0 amide bonds. The molecule has 92 valence electrons. The summed E-state index contributed by atoms with van der Waals surface area (Å²) in [5.74, 6) is 1.14. The van der Waals surface area contributed by atoms with E-state index in [-0.39, 0.29) is 0 Å². The SMILES string of the molecule is N=C(I)c1c(N)ncnc1[NH2+]C1CCOCC1. The third-order valence-corrected chi connectivity index (χ3v) is 3.32. The van der Waals surface area contributed by atoms with Crippen LogP contribution in [0.3, 0.4) is 0 Å². The minimum Gasteiger partial charge on any atom is -0.383 e. The molecule has 1 aromatic heterocycles. The number of nitrogen functional groups attached to an aromatic ring is 1. The Bertz CT molecular complexity index is 419. The van der Waals surface area contributed by atoms with E-state index >= 15 is 0 Å². The number of anilines is 1. The van der Waals surface area contributed by atoms with Gasteiger partial charge >= 0.3 is 0 Å². The lowest BCUT2D eigenvalue weighted by Crippen LogP contribution is -2.86. The van der Waals surface area contributed by atoms with Crippen LogP contribution in [0.4, 0.5) is 11.6 Å². The van der Waals surface area contributed by atoms with Crippen LogP contribution in [0.2, 0.25) is 0 Å². The van der Waals surface area contributed by atoms with Gasteiger partial charge in [0.1, 0.15) is 21.4 Å². The Labute approximate surface area is 113 Å². The maximum atomic E-state index is 7.72. The Kier molecular flexibility index (Phi) is 4.24. The first-order valence-corrected chi connectivity index (χ1v) is 6.54. The normalized spacial score (nSPS) is 17.0. The largest absolute Gasteiger partial charge is 0.383 e. The van der Waals surface area contributed by atoms with Gasteiger partial charge in [0.2, 0.25) is 5.82 Å². The van der Waals surface area contributed by atoms with E-state index in [4.69, 9.17) is 15.9 Å². The van der Waals surface area contributed by atoms with E-state index in [0.29, 0.717) is 21.1 Å². The number of aromatic nitrogens is 2. The maximum absolute atomic E-state index is 7.72. The Morgan fingerprint density at radius 2 is 2.18 bits per heavy atom. The number of hydrogen-bond donors (Lipinski definition) is 3. The van der Waals surface area contributed by atoms with Gasteiger partial charge in [0.25, 0.3) is 0 Å². The van der Waals surface area contributed by atoms with Crippen LogP contribution in [0.25, 0.3) is 0 Å². The van der Waals surface area contributed by atoms with Gasteiger partial charge in [0.05, 0.1) is 19.3 Å². The highest BCUT2D eigenvalue weighted by Crippen LogP contribution is 2.17. The Hall–Kier alpha value is -0.800. The summed E-state index contributed by atoms with van der Waals surface area (Å²) < 4.78 is 5.69. The molecule has 1 aliphatic rings. The van der Waals surface area contributed by atoms with Gasteiger partial charge in [-0.15, -0.1) is 0 Å². The summed E-state index contributed by atoms with van der Waals surface area (Å²) in [5.41, 5.74) is 6.42. The van der Waals surface area contributed by atoms with Crippen LogP contribution in [0, 0.1) is 5.41 Å². The second kappa shape index (κ2) is 5.69. The Morgan fingerprint density at radius 3 is 2.82 bits per heavy atom. The standard InChI is InChI=1S/C10H14IN5O/c11-8(12)7-9(13)14-5-15-10(7)16-6-1-3-17-4-2-6/h5-6,12H,1-4H2,(H3,13,14,15,16)/p+1. The van der Waals surface area contributed by atoms with Gasteiger partial charge in [-0.1, -0.05) is 0 Å². The molecule has 17 heavy (non-hydrogen) atoms. The van der Waals surface area contributed by atoms with E-state index in [0.717, 1.165) is 31.9 Å². The molecule has 0 saturated carbocycles. The average molecular weight is 348 g/mol. The zero-order valence-electron chi connectivity index (χ0n) is 9.32. The van der Waals surface area contributed by atoms with Crippen molar-refractivity contribution in [2.75, 3.05) is 18.9 Å². The fourth-order valence-corrected chi connectivity index (χ4v) is 2.42. The molecule has 1 saturated heterocycles. The van der Waals surface area contributed by atoms with Gasteiger partial charge in [-0.3, -0.25) is 10.7 Å². The van der Waals surface area contributed by atoms with Crippen molar-refractivity contribution in [2.24, 2.45) is 0 Å². The molecule has 1 aliphatic heterocycles. The summed E-state index contributed by atoms with van der Waals surface area (Å²) in [7, 11) is 0. The molecule has 0 spiro atoms. The molecular weight excluding hydrogens is 333 g/mol. The first kappa shape index (κ1) is 12.7. The zero-order valence-corrected chi connectivity index (χ0v) is 11.5. The smallest absolute Gasteiger partial charge is 0.239 e. The zero-order chi connectivity index (χ0) is 12.3. The number of nitrogens with two attached hydrogens (primary N) is 2. The molecule has 2 heterocycles. The summed E-state index contributed by atoms with van der Waals surface area (Å²) in [6.07, 6.45) is 3.44. The third kappa shape index (κ3) is 3.11. The van der Waals surface area contributed by atoms with Gasteiger partial charge in [-0.2, -0.15) is 4.98 Å². The summed E-state index contributed by atoms with van der Waals surface area (Å²) in [6, 6.07) is 0.451. The minimum absolute atomic E-state index is 0.373. The molecular formula is C10H15IN5O+. The van der Waals surface area contributed by atoms with Crippen molar-refractivity contribution in [2.45, 2.75) is 18.9 Å². The number of ether oxygens (including phenoxy) is 1. The number of nitrogens with one attached hydrogen (secondary N) is 1. The van der Waals surface area contributed by atoms with E-state index in [9.17, 15) is 0 Å². The van der Waals surface area contributed by atoms with E-state index in [1.165, 1.54) is 6.33 Å². The Morgan fingerprint density at radius 1 is 1.47 bits per heavy atom. The first-order valence-electron chi connectivity index (χ1n) is 5.46. The second-order valence-electron chi connectivity index (χ2n) is 3.95. The molecule has 5 N–H and O–H groups in total. The second-order valence-corrected chi connectivity index (χ2v) is 5.03. The number of hydrogen-bond acceptors (Lipinski definition) is 5. The van der Waals surface area contributed by atoms with Gasteiger partial charge < -0.3 is 10.5 Å². The quantitative estimate of drug-likeness (QED) is 0.536. The lowest BCUT2D eigenvalue weighted by Gasteiger charge is -2.20. The predicted molar refractivity (Wildman–Crippen MR) is 72.7 cm³/mol. The Balaban J connectivity index is 2.19. The fourth-order valence-electron chi connectivity index (χ4n) is 1.87. The molecule has 7 heteroatoms. The number of rotatable bonds is 3. The molecule has 6 nitrogen and oxygen atoms in total.